The molecule has 0 aliphatic rings. The highest BCUT2D eigenvalue weighted by molar-refractivity contribution is 9.10. The largest absolute Gasteiger partial charge is 0.488 e. The van der Waals surface area contributed by atoms with Gasteiger partial charge in [-0.3, -0.25) is 4.79 Å². The molecule has 0 aliphatic heterocycles. The van der Waals surface area contributed by atoms with Gasteiger partial charge in [0.25, 0.3) is 5.56 Å². The highest BCUT2D eigenvalue weighted by Gasteiger charge is 2.08. The lowest BCUT2D eigenvalue weighted by Gasteiger charge is -2.10. The fourth-order valence-corrected chi connectivity index (χ4v) is 4.07. The number of aromatic nitrogens is 2. The third-order valence-corrected chi connectivity index (χ3v) is 6.07. The van der Waals surface area contributed by atoms with Crippen LogP contribution in [0.3, 0.4) is 0 Å². The van der Waals surface area contributed by atoms with Crippen LogP contribution >= 0.6 is 43.5 Å². The Hall–Kier alpha value is -2.48. The molecule has 156 valence electrons. The number of aryl methyl sites for hydroxylation is 1. The zero-order valence-electron chi connectivity index (χ0n) is 16.3. The van der Waals surface area contributed by atoms with E-state index in [1.165, 1.54) is 4.68 Å². The second-order valence-corrected chi connectivity index (χ2v) is 8.93. The summed E-state index contributed by atoms with van der Waals surface area (Å²) < 4.78 is 8.76. The highest BCUT2D eigenvalue weighted by Crippen LogP contribution is 2.27. The molecule has 0 spiro atoms. The maximum atomic E-state index is 12.8. The van der Waals surface area contributed by atoms with E-state index in [-0.39, 0.29) is 5.56 Å². The Morgan fingerprint density at radius 3 is 2.71 bits per heavy atom. The maximum Gasteiger partial charge on any atom is 0.282 e. The zero-order valence-corrected chi connectivity index (χ0v) is 20.3. The quantitative estimate of drug-likeness (QED) is 0.267. The molecule has 0 saturated carbocycles. The Kier molecular flexibility index (Phi) is 6.55. The molecule has 0 amide bonds. The number of ether oxygens (including phenoxy) is 1. The molecule has 31 heavy (non-hydrogen) atoms. The van der Waals surface area contributed by atoms with Gasteiger partial charge in [-0.25, -0.2) is 4.98 Å². The van der Waals surface area contributed by atoms with Crippen LogP contribution < -0.4 is 10.3 Å². The number of halogens is 3. The third kappa shape index (κ3) is 4.89. The zero-order chi connectivity index (χ0) is 22.0. The van der Waals surface area contributed by atoms with Crippen LogP contribution in [0.4, 0.5) is 0 Å². The monoisotopic (exact) mass is 559 g/mol. The van der Waals surface area contributed by atoms with Crippen LogP contribution in [-0.4, -0.2) is 15.9 Å². The van der Waals surface area contributed by atoms with E-state index in [1.807, 2.05) is 48.5 Å². The lowest BCUT2D eigenvalue weighted by Crippen LogP contribution is -2.20. The molecule has 5 nitrogen and oxygen atoms in total. The van der Waals surface area contributed by atoms with Gasteiger partial charge in [-0.1, -0.05) is 45.7 Å². The molecule has 0 unspecified atom stereocenters. The Morgan fingerprint density at radius 2 is 1.94 bits per heavy atom. The van der Waals surface area contributed by atoms with Crippen molar-refractivity contribution in [1.29, 1.82) is 0 Å². The van der Waals surface area contributed by atoms with Gasteiger partial charge in [-0.05, 0) is 70.9 Å². The molecule has 0 radical (unpaired) electrons. The van der Waals surface area contributed by atoms with E-state index < -0.39 is 0 Å². The van der Waals surface area contributed by atoms with Crippen molar-refractivity contribution in [2.75, 3.05) is 0 Å². The van der Waals surface area contributed by atoms with Crippen LogP contribution in [-0.2, 0) is 6.61 Å². The molecule has 0 saturated heterocycles. The molecule has 1 heterocycles. The second kappa shape index (κ2) is 9.34. The predicted octanol–water partition coefficient (Wildman–Crippen LogP) is 6.34. The molecule has 4 aromatic rings. The van der Waals surface area contributed by atoms with Gasteiger partial charge in [0.05, 0.1) is 21.6 Å². The average Bonchev–Trinajstić information content (AvgIpc) is 2.74. The molecule has 3 aromatic carbocycles. The fourth-order valence-electron chi connectivity index (χ4n) is 3.01. The van der Waals surface area contributed by atoms with Crippen LogP contribution in [0.1, 0.15) is 17.0 Å². The van der Waals surface area contributed by atoms with Crippen LogP contribution in [0, 0.1) is 6.92 Å². The molecular formula is C23H16Br2ClN3O2. The van der Waals surface area contributed by atoms with E-state index in [1.54, 1.807) is 25.3 Å². The summed E-state index contributed by atoms with van der Waals surface area (Å²) in [5.41, 5.74) is 2.13. The number of hydrogen-bond donors (Lipinski definition) is 0. The first-order valence-electron chi connectivity index (χ1n) is 9.31. The van der Waals surface area contributed by atoms with Gasteiger partial charge in [-0.15, -0.1) is 0 Å². The van der Waals surface area contributed by atoms with Gasteiger partial charge >= 0.3 is 0 Å². The number of rotatable bonds is 5. The fraction of sp³-hybridized carbons (Fsp3) is 0.0870. The lowest BCUT2D eigenvalue weighted by molar-refractivity contribution is 0.304. The summed E-state index contributed by atoms with van der Waals surface area (Å²) in [6, 6.07) is 18.5. The van der Waals surface area contributed by atoms with Crippen molar-refractivity contribution in [3.8, 4) is 5.75 Å². The summed E-state index contributed by atoms with van der Waals surface area (Å²) in [6.07, 6.45) is 1.61. The summed E-state index contributed by atoms with van der Waals surface area (Å²) in [5, 5.41) is 5.52. The SMILES string of the molecule is Cc1nc2ccc(Br)cc2c(=O)n1N=Cc1ccc(OCc2ccccc2Cl)c(Br)c1. The van der Waals surface area contributed by atoms with Crippen molar-refractivity contribution in [3.63, 3.8) is 0 Å². The van der Waals surface area contributed by atoms with Crippen molar-refractivity contribution in [1.82, 2.24) is 9.66 Å². The first kappa shape index (κ1) is 21.7. The Balaban J connectivity index is 1.57. The normalized spacial score (nSPS) is 11.4. The molecule has 0 bridgehead atoms. The standard InChI is InChI=1S/C23H16Br2ClN3O2/c1-14-28-21-8-7-17(24)11-18(21)23(30)29(14)27-12-15-6-9-22(19(25)10-15)31-13-16-4-2-3-5-20(16)26/h2-12H,13H2,1H3. The first-order valence-corrected chi connectivity index (χ1v) is 11.3. The van der Waals surface area contributed by atoms with E-state index in [4.69, 9.17) is 16.3 Å². The topological polar surface area (TPSA) is 56.5 Å². The summed E-state index contributed by atoms with van der Waals surface area (Å²) in [4.78, 5) is 17.3. The van der Waals surface area contributed by atoms with Gasteiger partial charge in [-0.2, -0.15) is 9.78 Å². The summed E-state index contributed by atoms with van der Waals surface area (Å²) in [5.74, 6) is 1.19. The Morgan fingerprint density at radius 1 is 1.13 bits per heavy atom. The van der Waals surface area contributed by atoms with E-state index >= 15 is 0 Å². The predicted molar refractivity (Wildman–Crippen MR) is 131 cm³/mol. The van der Waals surface area contributed by atoms with Crippen molar-refractivity contribution >= 4 is 60.6 Å². The molecule has 0 atom stereocenters. The maximum absolute atomic E-state index is 12.8. The number of nitrogens with zero attached hydrogens (tertiary/aromatic N) is 3. The van der Waals surface area contributed by atoms with Crippen molar-refractivity contribution in [2.24, 2.45) is 5.10 Å². The number of fused-ring (bicyclic) bond motifs is 1. The lowest BCUT2D eigenvalue weighted by atomic mass is 10.2. The van der Waals surface area contributed by atoms with Gasteiger partial charge < -0.3 is 4.74 Å². The average molecular weight is 562 g/mol. The highest BCUT2D eigenvalue weighted by atomic mass is 79.9. The van der Waals surface area contributed by atoms with Gasteiger partial charge in [0.2, 0.25) is 0 Å². The van der Waals surface area contributed by atoms with E-state index in [0.717, 1.165) is 20.1 Å². The first-order chi connectivity index (χ1) is 14.9. The molecule has 0 fully saturated rings. The van der Waals surface area contributed by atoms with Crippen LogP contribution in [0.25, 0.3) is 10.9 Å². The minimum atomic E-state index is -0.223. The van der Waals surface area contributed by atoms with Crippen LogP contribution in [0.5, 0.6) is 5.75 Å². The van der Waals surface area contributed by atoms with Crippen molar-refractivity contribution in [3.05, 3.63) is 102 Å². The van der Waals surface area contributed by atoms with Gasteiger partial charge in [0.1, 0.15) is 18.2 Å². The summed E-state index contributed by atoms with van der Waals surface area (Å²) in [6.45, 7) is 2.11. The van der Waals surface area contributed by atoms with Gasteiger partial charge in [0, 0.05) is 15.1 Å². The van der Waals surface area contributed by atoms with E-state index in [0.29, 0.717) is 34.1 Å². The van der Waals surface area contributed by atoms with E-state index in [9.17, 15) is 4.79 Å². The number of hydrogen-bond acceptors (Lipinski definition) is 4. The van der Waals surface area contributed by atoms with Crippen LogP contribution in [0.2, 0.25) is 5.02 Å². The molecule has 8 heteroatoms. The van der Waals surface area contributed by atoms with E-state index in [2.05, 4.69) is 41.9 Å². The summed E-state index contributed by atoms with van der Waals surface area (Å²) in [7, 11) is 0. The second-order valence-electron chi connectivity index (χ2n) is 6.75. The van der Waals surface area contributed by atoms with Gasteiger partial charge in [0.15, 0.2) is 0 Å². The Bertz CT molecular complexity index is 1370. The molecule has 0 aliphatic carbocycles. The molecular weight excluding hydrogens is 546 g/mol. The van der Waals surface area contributed by atoms with Crippen molar-refractivity contribution < 1.29 is 4.74 Å². The minimum absolute atomic E-state index is 0.223. The Labute approximate surface area is 200 Å². The third-order valence-electron chi connectivity index (χ3n) is 4.59. The molecule has 4 rings (SSSR count). The smallest absolute Gasteiger partial charge is 0.282 e. The molecule has 1 aromatic heterocycles. The summed E-state index contributed by atoms with van der Waals surface area (Å²) >= 11 is 13.1. The van der Waals surface area contributed by atoms with Crippen LogP contribution in [0.15, 0.2) is 79.5 Å². The molecule has 0 N–H and O–H groups in total. The van der Waals surface area contributed by atoms with Crippen molar-refractivity contribution in [2.45, 2.75) is 13.5 Å². The minimum Gasteiger partial charge on any atom is -0.488 e. The number of benzene rings is 3.